The van der Waals surface area contributed by atoms with Crippen LogP contribution in [0.2, 0.25) is 10.0 Å². The molecule has 0 saturated heterocycles. The van der Waals surface area contributed by atoms with E-state index in [9.17, 15) is 9.59 Å². The van der Waals surface area contributed by atoms with E-state index in [2.05, 4.69) is 21.2 Å². The first-order chi connectivity index (χ1) is 14.5. The summed E-state index contributed by atoms with van der Waals surface area (Å²) in [7, 11) is 0. The van der Waals surface area contributed by atoms with Gasteiger partial charge in [-0.15, -0.1) is 0 Å². The molecule has 0 aliphatic heterocycles. The number of carbonyl (C=O) groups is 2. The van der Waals surface area contributed by atoms with Gasteiger partial charge in [-0.1, -0.05) is 59.6 Å². The molecular formula is C22H18Cl2N4O2. The molecule has 152 valence electrons. The number of amides is 2. The molecule has 8 heteroatoms. The van der Waals surface area contributed by atoms with Gasteiger partial charge >= 0.3 is 11.8 Å². The second-order valence-electron chi connectivity index (χ2n) is 6.23. The third kappa shape index (κ3) is 6.34. The van der Waals surface area contributed by atoms with Crippen molar-refractivity contribution >= 4 is 52.6 Å². The zero-order valence-corrected chi connectivity index (χ0v) is 17.2. The van der Waals surface area contributed by atoms with Gasteiger partial charge in [0, 0.05) is 33.5 Å². The minimum atomic E-state index is -0.867. The molecule has 0 fully saturated rings. The van der Waals surface area contributed by atoms with E-state index in [0.29, 0.717) is 21.3 Å². The molecule has 0 bridgehead atoms. The predicted octanol–water partition coefficient (Wildman–Crippen LogP) is 4.50. The SMILES string of the molecule is O=C(NCc1ccccc1)C(=O)N/N=C\c1cc(Cl)ccc1Nc1cccc(Cl)c1. The number of benzene rings is 3. The average Bonchev–Trinajstić information content (AvgIpc) is 2.74. The fraction of sp³-hybridized carbons (Fsp3) is 0.0455. The molecule has 3 rings (SSSR count). The summed E-state index contributed by atoms with van der Waals surface area (Å²) < 4.78 is 0. The number of nitrogens with one attached hydrogen (secondary N) is 3. The Bertz CT molecular complexity index is 1070. The lowest BCUT2D eigenvalue weighted by atomic mass is 10.2. The molecule has 30 heavy (non-hydrogen) atoms. The topological polar surface area (TPSA) is 82.6 Å². The van der Waals surface area contributed by atoms with Crippen LogP contribution >= 0.6 is 23.2 Å². The van der Waals surface area contributed by atoms with Crippen molar-refractivity contribution in [1.82, 2.24) is 10.7 Å². The Balaban J connectivity index is 1.61. The van der Waals surface area contributed by atoms with Gasteiger partial charge in [0.15, 0.2) is 0 Å². The summed E-state index contributed by atoms with van der Waals surface area (Å²) in [6.07, 6.45) is 1.40. The normalized spacial score (nSPS) is 10.6. The van der Waals surface area contributed by atoms with Gasteiger partial charge in [0.05, 0.1) is 6.21 Å². The maximum Gasteiger partial charge on any atom is 0.329 e. The Morgan fingerprint density at radius 3 is 2.40 bits per heavy atom. The molecule has 0 aromatic heterocycles. The van der Waals surface area contributed by atoms with E-state index in [1.165, 1.54) is 6.21 Å². The van der Waals surface area contributed by atoms with E-state index in [1.54, 1.807) is 30.3 Å². The number of nitrogens with zero attached hydrogens (tertiary/aromatic N) is 1. The van der Waals surface area contributed by atoms with E-state index in [4.69, 9.17) is 23.2 Å². The molecule has 3 aromatic carbocycles. The van der Waals surface area contributed by atoms with Crippen LogP contribution in [0.25, 0.3) is 0 Å². The zero-order valence-electron chi connectivity index (χ0n) is 15.7. The third-order valence-corrected chi connectivity index (χ3v) is 4.46. The lowest BCUT2D eigenvalue weighted by molar-refractivity contribution is -0.139. The summed E-state index contributed by atoms with van der Waals surface area (Å²) in [5.41, 5.74) is 5.20. The summed E-state index contributed by atoms with van der Waals surface area (Å²) in [5.74, 6) is -1.65. The number of hydrogen-bond acceptors (Lipinski definition) is 4. The summed E-state index contributed by atoms with van der Waals surface area (Å²) in [5, 5.41) is 10.7. The van der Waals surface area contributed by atoms with Gasteiger partial charge in [0.2, 0.25) is 0 Å². The molecule has 0 aliphatic carbocycles. The lowest BCUT2D eigenvalue weighted by Crippen LogP contribution is -2.37. The molecular weight excluding hydrogens is 423 g/mol. The monoisotopic (exact) mass is 440 g/mol. The largest absolute Gasteiger partial charge is 0.355 e. The van der Waals surface area contributed by atoms with Crippen LogP contribution in [0, 0.1) is 0 Å². The fourth-order valence-corrected chi connectivity index (χ4v) is 2.92. The van der Waals surface area contributed by atoms with Crippen LogP contribution in [0.3, 0.4) is 0 Å². The van der Waals surface area contributed by atoms with E-state index in [1.807, 2.05) is 42.5 Å². The first-order valence-corrected chi connectivity index (χ1v) is 9.74. The molecule has 3 aromatic rings. The van der Waals surface area contributed by atoms with Crippen LogP contribution < -0.4 is 16.1 Å². The van der Waals surface area contributed by atoms with Crippen LogP contribution in [0.1, 0.15) is 11.1 Å². The van der Waals surface area contributed by atoms with Crippen molar-refractivity contribution in [2.75, 3.05) is 5.32 Å². The summed E-state index contributed by atoms with van der Waals surface area (Å²) in [6.45, 7) is 0.249. The minimum Gasteiger partial charge on any atom is -0.355 e. The second kappa shape index (κ2) is 10.4. The van der Waals surface area contributed by atoms with Gasteiger partial charge in [-0.25, -0.2) is 5.43 Å². The number of anilines is 2. The Labute approximate surface area is 183 Å². The number of halogens is 2. The van der Waals surface area contributed by atoms with E-state index in [-0.39, 0.29) is 6.54 Å². The molecule has 6 nitrogen and oxygen atoms in total. The molecule has 3 N–H and O–H groups in total. The first kappa shape index (κ1) is 21.4. The molecule has 0 radical (unpaired) electrons. The predicted molar refractivity (Wildman–Crippen MR) is 120 cm³/mol. The number of hydrazone groups is 1. The number of hydrogen-bond donors (Lipinski definition) is 3. The lowest BCUT2D eigenvalue weighted by Gasteiger charge is -2.10. The van der Waals surface area contributed by atoms with Crippen molar-refractivity contribution in [3.63, 3.8) is 0 Å². The van der Waals surface area contributed by atoms with Gasteiger partial charge in [-0.05, 0) is 42.0 Å². The third-order valence-electron chi connectivity index (χ3n) is 3.99. The highest BCUT2D eigenvalue weighted by molar-refractivity contribution is 6.35. The molecule has 0 unspecified atom stereocenters. The van der Waals surface area contributed by atoms with Crippen LogP contribution in [-0.4, -0.2) is 18.0 Å². The highest BCUT2D eigenvalue weighted by Crippen LogP contribution is 2.24. The highest BCUT2D eigenvalue weighted by atomic mass is 35.5. The van der Waals surface area contributed by atoms with Gasteiger partial charge in [0.25, 0.3) is 0 Å². The Hall–Kier alpha value is -3.35. The molecule has 2 amide bonds. The molecule has 0 atom stereocenters. The smallest absolute Gasteiger partial charge is 0.329 e. The van der Waals surface area contributed by atoms with Crippen LogP contribution in [0.15, 0.2) is 77.9 Å². The van der Waals surface area contributed by atoms with Gasteiger partial charge in [-0.3, -0.25) is 9.59 Å². The van der Waals surface area contributed by atoms with Crippen molar-refractivity contribution in [1.29, 1.82) is 0 Å². The van der Waals surface area contributed by atoms with Crippen LogP contribution in [0.4, 0.5) is 11.4 Å². The van der Waals surface area contributed by atoms with Gasteiger partial charge < -0.3 is 10.6 Å². The minimum absolute atomic E-state index is 0.249. The van der Waals surface area contributed by atoms with E-state index < -0.39 is 11.8 Å². The number of rotatable bonds is 6. The van der Waals surface area contributed by atoms with Crippen molar-refractivity contribution in [2.24, 2.45) is 5.10 Å². The second-order valence-corrected chi connectivity index (χ2v) is 7.11. The first-order valence-electron chi connectivity index (χ1n) is 8.98. The summed E-state index contributed by atoms with van der Waals surface area (Å²) in [6, 6.07) is 21.7. The van der Waals surface area contributed by atoms with Gasteiger partial charge in [0.1, 0.15) is 0 Å². The van der Waals surface area contributed by atoms with E-state index in [0.717, 1.165) is 11.3 Å². The Morgan fingerprint density at radius 1 is 0.867 bits per heavy atom. The standard InChI is InChI=1S/C22H18Cl2N4O2/c23-17-7-4-8-19(12-17)27-20-10-9-18(24)11-16(20)14-26-28-22(30)21(29)25-13-15-5-2-1-3-6-15/h1-12,14,27H,13H2,(H,25,29)(H,28,30)/b26-14-. The summed E-state index contributed by atoms with van der Waals surface area (Å²) in [4.78, 5) is 23.9. The maximum atomic E-state index is 11.9. The molecule has 0 aliphatic rings. The van der Waals surface area contributed by atoms with Crippen molar-refractivity contribution < 1.29 is 9.59 Å². The van der Waals surface area contributed by atoms with Crippen molar-refractivity contribution in [2.45, 2.75) is 6.54 Å². The summed E-state index contributed by atoms with van der Waals surface area (Å²) >= 11 is 12.1. The van der Waals surface area contributed by atoms with Crippen molar-refractivity contribution in [3.8, 4) is 0 Å². The van der Waals surface area contributed by atoms with E-state index >= 15 is 0 Å². The highest BCUT2D eigenvalue weighted by Gasteiger charge is 2.12. The Kier molecular flexibility index (Phi) is 7.43. The maximum absolute atomic E-state index is 11.9. The van der Waals surface area contributed by atoms with Gasteiger partial charge in [-0.2, -0.15) is 5.10 Å². The molecule has 0 heterocycles. The fourth-order valence-electron chi connectivity index (χ4n) is 2.55. The average molecular weight is 441 g/mol. The molecule has 0 spiro atoms. The zero-order chi connectivity index (χ0) is 21.3. The van der Waals surface area contributed by atoms with Crippen LogP contribution in [-0.2, 0) is 16.1 Å². The quantitative estimate of drug-likeness (QED) is 0.299. The van der Waals surface area contributed by atoms with Crippen molar-refractivity contribution in [3.05, 3.63) is 94.0 Å². The number of carbonyl (C=O) groups excluding carboxylic acids is 2. The molecule has 0 saturated carbocycles. The Morgan fingerprint density at radius 2 is 1.63 bits per heavy atom. The van der Waals surface area contributed by atoms with Crippen LogP contribution in [0.5, 0.6) is 0 Å².